The number of aliphatic hydroxyl groups is 1. The van der Waals surface area contributed by atoms with E-state index in [0.717, 1.165) is 23.1 Å². The second-order valence-electron chi connectivity index (χ2n) is 14.9. The van der Waals surface area contributed by atoms with Crippen molar-refractivity contribution in [2.24, 2.45) is 5.92 Å². The van der Waals surface area contributed by atoms with E-state index in [1.54, 1.807) is 37.9 Å². The standard InChI is InChI=1S/C36H41F3N6O7S2/c1-20-21(18-46)9-10-24-27(15-25(40-29(20)24)30-41-28(19-53-30)36(37,38)39)52-23-14-26-31(47)44(3)13-7-5-4-6-8-22-16-35(22,42-33(49)45(26)17-23)32(48)43-54(50,51)34(2)11-12-34/h6,8-10,15,19,22-23,26,46H,4-5,7,11-14,16-18H2,1-3H3,(H,42,49)(H,43,48)/b8-6-/t22-,23+,26+,35-/m1/s1. The molecule has 54 heavy (non-hydrogen) atoms. The fraction of sp³-hybridized carbons (Fsp3) is 0.528. The van der Waals surface area contributed by atoms with E-state index in [1.807, 2.05) is 12.2 Å². The number of urea groups is 1. The van der Waals surface area contributed by atoms with Crippen LogP contribution in [0.3, 0.4) is 0 Å². The minimum atomic E-state index is -4.66. The Morgan fingerprint density at radius 1 is 1.20 bits per heavy atom. The maximum Gasteiger partial charge on any atom is 0.434 e. The van der Waals surface area contributed by atoms with Crippen LogP contribution in [0.2, 0.25) is 0 Å². The SMILES string of the molecule is Cc1c(CO)ccc2c(O[C@H]3C[C@H]4C(=O)N(C)CCCC/C=C\[C@@H]5C[C@@]5(C(=O)NS(=O)(=O)C5(C)CC5)NC(=O)N4C3)cc(-c3nc(C(F)(F)F)cs3)nc12. The highest BCUT2D eigenvalue weighted by atomic mass is 32.2. The van der Waals surface area contributed by atoms with Gasteiger partial charge in [-0.25, -0.2) is 23.2 Å². The Bertz CT molecular complexity index is 2150. The molecule has 7 rings (SSSR count). The van der Waals surface area contributed by atoms with Crippen molar-refractivity contribution in [3.8, 4) is 16.5 Å². The lowest BCUT2D eigenvalue weighted by Crippen LogP contribution is -2.58. The summed E-state index contributed by atoms with van der Waals surface area (Å²) in [7, 11) is -2.36. The molecule has 290 valence electrons. The van der Waals surface area contributed by atoms with Crippen molar-refractivity contribution in [2.45, 2.75) is 94.0 Å². The number of rotatable bonds is 7. The summed E-state index contributed by atoms with van der Waals surface area (Å²) in [5, 5.41) is 14.1. The molecule has 4 aliphatic rings. The van der Waals surface area contributed by atoms with E-state index >= 15 is 0 Å². The number of benzene rings is 1. The molecule has 0 radical (unpaired) electrons. The van der Waals surface area contributed by atoms with Crippen LogP contribution >= 0.6 is 11.3 Å². The highest BCUT2D eigenvalue weighted by Gasteiger charge is 2.63. The van der Waals surface area contributed by atoms with Gasteiger partial charge in [0.05, 0.1) is 23.4 Å². The molecule has 13 nitrogen and oxygen atoms in total. The van der Waals surface area contributed by atoms with Gasteiger partial charge >= 0.3 is 12.2 Å². The lowest BCUT2D eigenvalue weighted by molar-refractivity contribution is -0.140. The Morgan fingerprint density at radius 2 is 1.96 bits per heavy atom. The van der Waals surface area contributed by atoms with Crippen LogP contribution in [0.1, 0.15) is 68.7 Å². The van der Waals surface area contributed by atoms with Gasteiger partial charge in [0.25, 0.3) is 5.91 Å². The van der Waals surface area contributed by atoms with Crippen LogP contribution in [0, 0.1) is 12.8 Å². The number of carbonyl (C=O) groups is 3. The zero-order chi connectivity index (χ0) is 38.8. The smallest absolute Gasteiger partial charge is 0.434 e. The van der Waals surface area contributed by atoms with Crippen LogP contribution in [0.4, 0.5) is 18.0 Å². The number of halogens is 3. The predicted molar refractivity (Wildman–Crippen MR) is 193 cm³/mol. The number of pyridine rings is 1. The van der Waals surface area contributed by atoms with Crippen LogP contribution in [-0.2, 0) is 32.4 Å². The van der Waals surface area contributed by atoms with Gasteiger partial charge in [0.15, 0.2) is 5.69 Å². The predicted octanol–water partition coefficient (Wildman–Crippen LogP) is 4.66. The largest absolute Gasteiger partial charge is 0.488 e. The molecular weight excluding hydrogens is 750 g/mol. The van der Waals surface area contributed by atoms with E-state index < -0.39 is 62.2 Å². The Hall–Kier alpha value is -4.29. The highest BCUT2D eigenvalue weighted by molar-refractivity contribution is 7.91. The molecule has 1 aromatic carbocycles. The molecule has 2 saturated carbocycles. The summed E-state index contributed by atoms with van der Waals surface area (Å²) >= 11 is 0.766. The average molecular weight is 791 g/mol. The molecule has 0 spiro atoms. The van der Waals surface area contributed by atoms with Gasteiger partial charge in [-0.2, -0.15) is 13.2 Å². The first-order chi connectivity index (χ1) is 25.5. The van der Waals surface area contributed by atoms with Crippen molar-refractivity contribution in [1.82, 2.24) is 29.8 Å². The minimum Gasteiger partial charge on any atom is -0.488 e. The van der Waals surface area contributed by atoms with Gasteiger partial charge in [-0.15, -0.1) is 11.3 Å². The molecule has 4 amide bonds. The number of thiazole rings is 1. The molecule has 3 N–H and O–H groups in total. The molecule has 2 aromatic heterocycles. The van der Waals surface area contributed by atoms with Gasteiger partial charge in [-0.05, 0) is 69.6 Å². The van der Waals surface area contributed by atoms with Crippen molar-refractivity contribution in [3.05, 3.63) is 52.6 Å². The van der Waals surface area contributed by atoms with Crippen molar-refractivity contribution in [3.63, 3.8) is 0 Å². The average Bonchev–Trinajstić information content (AvgIpc) is 3.88. The highest BCUT2D eigenvalue weighted by Crippen LogP contribution is 2.48. The number of allylic oxidation sites excluding steroid dienone is 1. The Balaban J connectivity index is 1.21. The van der Waals surface area contributed by atoms with Crippen molar-refractivity contribution < 1.29 is 45.8 Å². The number of hydrogen-bond acceptors (Lipinski definition) is 10. The lowest BCUT2D eigenvalue weighted by atomic mass is 10.0. The monoisotopic (exact) mass is 790 g/mol. The quantitative estimate of drug-likeness (QED) is 0.288. The number of sulfonamides is 1. The van der Waals surface area contributed by atoms with Crippen LogP contribution in [0.5, 0.6) is 5.75 Å². The van der Waals surface area contributed by atoms with Gasteiger partial charge in [0, 0.05) is 42.8 Å². The Morgan fingerprint density at radius 3 is 2.65 bits per heavy atom. The summed E-state index contributed by atoms with van der Waals surface area (Å²) in [6.07, 6.45) is 1.46. The van der Waals surface area contributed by atoms with Crippen molar-refractivity contribution in [1.29, 1.82) is 0 Å². The number of amides is 4. The van der Waals surface area contributed by atoms with E-state index in [4.69, 9.17) is 4.74 Å². The third-order valence-electron chi connectivity index (χ3n) is 11.0. The number of likely N-dealkylation sites (N-methyl/N-ethyl adjacent to an activating group) is 1. The van der Waals surface area contributed by atoms with E-state index in [1.165, 1.54) is 11.0 Å². The molecule has 0 unspecified atom stereocenters. The number of alkyl halides is 3. The third-order valence-corrected chi connectivity index (χ3v) is 14.1. The van der Waals surface area contributed by atoms with Crippen LogP contribution in [-0.4, -0.2) is 93.7 Å². The molecule has 3 fully saturated rings. The first kappa shape index (κ1) is 38.0. The van der Waals surface area contributed by atoms with Gasteiger partial charge in [0.1, 0.15) is 34.1 Å². The number of nitrogens with one attached hydrogen (secondary N) is 2. The molecule has 4 heterocycles. The zero-order valence-electron chi connectivity index (χ0n) is 29.9. The van der Waals surface area contributed by atoms with Crippen molar-refractivity contribution in [2.75, 3.05) is 20.1 Å². The maximum absolute atomic E-state index is 14.2. The minimum absolute atomic E-state index is 0.00311. The molecule has 3 aromatic rings. The second-order valence-corrected chi connectivity index (χ2v) is 17.9. The van der Waals surface area contributed by atoms with Crippen molar-refractivity contribution >= 4 is 50.1 Å². The lowest BCUT2D eigenvalue weighted by Gasteiger charge is -2.30. The van der Waals surface area contributed by atoms with Crippen LogP contribution in [0.25, 0.3) is 21.6 Å². The first-order valence-electron chi connectivity index (χ1n) is 17.8. The number of nitrogens with zero attached hydrogens (tertiary/aromatic N) is 4. The zero-order valence-corrected chi connectivity index (χ0v) is 31.5. The second kappa shape index (κ2) is 13.8. The topological polar surface area (TPSA) is 171 Å². The number of aryl methyl sites for hydroxylation is 1. The summed E-state index contributed by atoms with van der Waals surface area (Å²) in [6.45, 7) is 3.32. The third kappa shape index (κ3) is 7.03. The van der Waals surface area contributed by atoms with Gasteiger partial charge in [-0.1, -0.05) is 18.2 Å². The Kier molecular flexibility index (Phi) is 9.70. The summed E-state index contributed by atoms with van der Waals surface area (Å²) in [5.41, 5.74) is -0.986. The number of aliphatic hydroxyl groups excluding tert-OH is 1. The fourth-order valence-corrected chi connectivity index (χ4v) is 9.22. The van der Waals surface area contributed by atoms with Gasteiger partial charge in [-0.3, -0.25) is 14.3 Å². The van der Waals surface area contributed by atoms with E-state index in [9.17, 15) is 41.1 Å². The number of aromatic nitrogens is 2. The molecule has 18 heteroatoms. The summed E-state index contributed by atoms with van der Waals surface area (Å²) < 4.78 is 74.2. The number of ether oxygens (including phenoxy) is 1. The summed E-state index contributed by atoms with van der Waals surface area (Å²) in [5.74, 6) is -1.41. The maximum atomic E-state index is 14.2. The van der Waals surface area contributed by atoms with Gasteiger partial charge in [0.2, 0.25) is 15.9 Å². The normalized spacial score (nSPS) is 26.4. The molecular formula is C36H41F3N6O7S2. The molecule has 0 bridgehead atoms. The summed E-state index contributed by atoms with van der Waals surface area (Å²) in [4.78, 5) is 53.1. The number of carbonyl (C=O) groups excluding carboxylic acids is 3. The molecule has 2 aliphatic heterocycles. The van der Waals surface area contributed by atoms with Gasteiger partial charge < -0.3 is 25.0 Å². The first-order valence-corrected chi connectivity index (χ1v) is 20.1. The summed E-state index contributed by atoms with van der Waals surface area (Å²) in [6, 6.07) is 3.10. The molecule has 4 atom stereocenters. The molecule has 2 aliphatic carbocycles. The Labute approximate surface area is 314 Å². The fourth-order valence-electron chi connectivity index (χ4n) is 7.12. The number of fused-ring (bicyclic) bond motifs is 3. The van der Waals surface area contributed by atoms with Crippen LogP contribution < -0.4 is 14.8 Å². The van der Waals surface area contributed by atoms with E-state index in [0.29, 0.717) is 54.3 Å². The molecule has 1 saturated heterocycles. The van der Waals surface area contributed by atoms with E-state index in [2.05, 4.69) is 20.0 Å². The van der Waals surface area contributed by atoms with E-state index in [-0.39, 0.29) is 48.4 Å². The van der Waals surface area contributed by atoms with Crippen LogP contribution in [0.15, 0.2) is 35.7 Å². The number of hydrogen-bond donors (Lipinski definition) is 3.